The van der Waals surface area contributed by atoms with Crippen LogP contribution in [0.5, 0.6) is 0 Å². The number of fused-ring (bicyclic) bond motifs is 5. The quantitative estimate of drug-likeness (QED) is 0.354. The predicted octanol–water partition coefficient (Wildman–Crippen LogP) is 7.65. The molecule has 0 aromatic heterocycles. The van der Waals surface area contributed by atoms with Crippen molar-refractivity contribution in [2.24, 2.45) is 5.41 Å². The Morgan fingerprint density at radius 2 is 1.57 bits per heavy atom. The summed E-state index contributed by atoms with van der Waals surface area (Å²) < 4.78 is 0. The fourth-order valence-electron chi connectivity index (χ4n) is 4.65. The highest BCUT2D eigenvalue weighted by atomic mass is 32.2. The maximum Gasteiger partial charge on any atom is 0.157 e. The lowest BCUT2D eigenvalue weighted by atomic mass is 9.80. The highest BCUT2D eigenvalue weighted by Gasteiger charge is 2.44. The number of rotatable bonds is 4. The zero-order chi connectivity index (χ0) is 21.7. The molecule has 4 rings (SSSR count). The predicted molar refractivity (Wildman–Crippen MR) is 135 cm³/mol. The van der Waals surface area contributed by atoms with Crippen LogP contribution in [0.1, 0.15) is 83.1 Å². The fraction of sp³-hybridized carbons (Fsp3) is 0.448. The van der Waals surface area contributed by atoms with E-state index < -0.39 is 0 Å². The number of benzene rings is 2. The molecule has 0 spiro atoms. The van der Waals surface area contributed by atoms with Crippen molar-refractivity contribution < 1.29 is 0 Å². The third-order valence-electron chi connectivity index (χ3n) is 6.55. The van der Waals surface area contributed by atoms with Crippen molar-refractivity contribution >= 4 is 17.3 Å². The van der Waals surface area contributed by atoms with E-state index in [1.807, 2.05) is 0 Å². The van der Waals surface area contributed by atoms with E-state index in [4.69, 9.17) is 0 Å². The molecule has 2 aromatic rings. The van der Waals surface area contributed by atoms with Crippen molar-refractivity contribution in [3.63, 3.8) is 0 Å². The first-order valence-corrected chi connectivity index (χ1v) is 12.4. The van der Waals surface area contributed by atoms with Crippen molar-refractivity contribution in [2.75, 3.05) is 0 Å². The highest BCUT2D eigenvalue weighted by molar-refractivity contribution is 7.79. The zero-order valence-corrected chi connectivity index (χ0v) is 20.6. The Balaban J connectivity index is 1.72. The minimum atomic E-state index is 0.175. The van der Waals surface area contributed by atoms with E-state index in [1.165, 1.54) is 57.3 Å². The summed E-state index contributed by atoms with van der Waals surface area (Å²) in [6, 6.07) is 16.6. The van der Waals surface area contributed by atoms with Crippen LogP contribution in [0.4, 0.5) is 0 Å². The molecule has 0 fully saturated rings. The Morgan fingerprint density at radius 3 is 2.17 bits per heavy atom. The van der Waals surface area contributed by atoms with Gasteiger partial charge in [0.2, 0.25) is 0 Å². The molecule has 0 aliphatic heterocycles. The second kappa shape index (κ2) is 7.75. The summed E-state index contributed by atoms with van der Waals surface area (Å²) in [5.41, 5.74) is 9.29. The van der Waals surface area contributed by atoms with Crippen LogP contribution in [0.2, 0.25) is 0 Å². The Morgan fingerprint density at radius 1 is 0.867 bits per heavy atom. The van der Waals surface area contributed by atoms with Crippen molar-refractivity contribution in [1.82, 2.24) is 0 Å². The van der Waals surface area contributed by atoms with Gasteiger partial charge in [0.25, 0.3) is 0 Å². The van der Waals surface area contributed by atoms with Crippen LogP contribution in [0.15, 0.2) is 65.1 Å². The summed E-state index contributed by atoms with van der Waals surface area (Å²) in [4.78, 5) is 1.44. The molecule has 0 heterocycles. The number of allylic oxidation sites excluding steroid dienone is 3. The average molecular weight is 418 g/mol. The van der Waals surface area contributed by atoms with Gasteiger partial charge in [-0.1, -0.05) is 91.3 Å². The average Bonchev–Trinajstić information content (AvgIpc) is 2.83. The topological polar surface area (TPSA) is 0 Å². The third kappa shape index (κ3) is 4.06. The molecule has 2 unspecified atom stereocenters. The van der Waals surface area contributed by atoms with E-state index in [0.29, 0.717) is 11.2 Å². The van der Waals surface area contributed by atoms with E-state index in [0.717, 1.165) is 0 Å². The van der Waals surface area contributed by atoms with E-state index in [-0.39, 0.29) is 10.8 Å². The second-order valence-corrected chi connectivity index (χ2v) is 12.4. The SMILES string of the molecule is CCCc1ccc([SH+]C2C3=CC(C(C)(C)C)=CC2c2ccc(C(C)(C)C)cc23)cc1. The Kier molecular flexibility index (Phi) is 5.56. The lowest BCUT2D eigenvalue weighted by Gasteiger charge is -2.26. The van der Waals surface area contributed by atoms with Crippen molar-refractivity contribution in [2.45, 2.75) is 82.8 Å². The number of thiol groups is 1. The largest absolute Gasteiger partial charge is 0.157 e. The number of hydrogen-bond acceptors (Lipinski definition) is 0. The molecule has 2 bridgehead atoms. The van der Waals surface area contributed by atoms with Gasteiger partial charge in [0, 0.05) is 17.3 Å². The Labute approximate surface area is 187 Å². The Bertz CT molecular complexity index is 990. The van der Waals surface area contributed by atoms with Crippen molar-refractivity contribution in [1.29, 1.82) is 0 Å². The Hall–Kier alpha value is -1.73. The van der Waals surface area contributed by atoms with Crippen LogP contribution in [0.3, 0.4) is 0 Å². The van der Waals surface area contributed by atoms with Gasteiger partial charge in [-0.3, -0.25) is 0 Å². The molecule has 0 N–H and O–H groups in total. The minimum absolute atomic E-state index is 0.175. The summed E-state index contributed by atoms with van der Waals surface area (Å²) in [6.07, 6.45) is 7.46. The van der Waals surface area contributed by atoms with Gasteiger partial charge in [-0.15, -0.1) is 0 Å². The van der Waals surface area contributed by atoms with Gasteiger partial charge in [0.15, 0.2) is 10.1 Å². The van der Waals surface area contributed by atoms with Crippen LogP contribution < -0.4 is 0 Å². The van der Waals surface area contributed by atoms with Crippen LogP contribution in [-0.2, 0) is 23.6 Å². The molecule has 2 aliphatic carbocycles. The summed E-state index contributed by atoms with van der Waals surface area (Å²) in [7, 11) is 0. The molecule has 2 aromatic carbocycles. The summed E-state index contributed by atoms with van der Waals surface area (Å²) in [5.74, 6) is 0.486. The maximum atomic E-state index is 2.56. The third-order valence-corrected chi connectivity index (χ3v) is 8.02. The first-order valence-electron chi connectivity index (χ1n) is 11.5. The molecule has 0 amide bonds. The lowest BCUT2D eigenvalue weighted by molar-refractivity contribution is 0.511. The first kappa shape index (κ1) is 21.5. The maximum absolute atomic E-state index is 2.56. The monoisotopic (exact) mass is 417 g/mol. The molecule has 30 heavy (non-hydrogen) atoms. The second-order valence-electron chi connectivity index (χ2n) is 11.0. The van der Waals surface area contributed by atoms with Gasteiger partial charge in [0.05, 0.1) is 5.92 Å². The van der Waals surface area contributed by atoms with Crippen LogP contribution in [-0.4, -0.2) is 5.25 Å². The van der Waals surface area contributed by atoms with Crippen LogP contribution in [0, 0.1) is 5.41 Å². The van der Waals surface area contributed by atoms with Gasteiger partial charge < -0.3 is 0 Å². The molecular formula is C29H37S+. The number of hydrogen-bond donors (Lipinski definition) is 0. The van der Waals surface area contributed by atoms with Gasteiger partial charge >= 0.3 is 0 Å². The lowest BCUT2D eigenvalue weighted by Crippen LogP contribution is -2.21. The fourth-order valence-corrected chi connectivity index (χ4v) is 6.06. The standard InChI is InChI=1S/C29H36S/c1-8-9-19-10-13-22(14-11-19)30-27-25-17-21(29(5,6)7)18-26(27)24-16-20(28(2,3)4)12-15-23(24)25/h10-18,25,27H,8-9H2,1-7H3/p+1. The molecule has 2 aliphatic rings. The zero-order valence-electron chi connectivity index (χ0n) is 19.7. The highest BCUT2D eigenvalue weighted by Crippen LogP contribution is 2.51. The number of aryl methyl sites for hydroxylation is 1. The molecule has 0 radical (unpaired) electrons. The summed E-state index contributed by atoms with van der Waals surface area (Å²) >= 11 is 1.43. The molecule has 0 saturated carbocycles. The summed E-state index contributed by atoms with van der Waals surface area (Å²) in [5, 5.41) is 0.526. The van der Waals surface area contributed by atoms with E-state index in [9.17, 15) is 0 Å². The minimum Gasteiger partial charge on any atom is -0.0679 e. The van der Waals surface area contributed by atoms with E-state index in [1.54, 1.807) is 5.57 Å². The molecule has 2 atom stereocenters. The van der Waals surface area contributed by atoms with E-state index in [2.05, 4.69) is 103 Å². The molecule has 158 valence electrons. The molecule has 1 heteroatoms. The van der Waals surface area contributed by atoms with E-state index >= 15 is 0 Å². The molecule has 0 saturated heterocycles. The van der Waals surface area contributed by atoms with Crippen LogP contribution >= 0.6 is 0 Å². The summed E-state index contributed by atoms with van der Waals surface area (Å²) in [6.45, 7) is 16.2. The van der Waals surface area contributed by atoms with Crippen LogP contribution in [0.25, 0.3) is 5.57 Å². The van der Waals surface area contributed by atoms with Gasteiger partial charge in [0.1, 0.15) is 0 Å². The normalized spacial score (nSPS) is 20.6. The molecule has 0 nitrogen and oxygen atoms in total. The first-order chi connectivity index (χ1) is 14.1. The van der Waals surface area contributed by atoms with Gasteiger partial charge in [-0.25, -0.2) is 0 Å². The molecular weight excluding hydrogens is 380 g/mol. The van der Waals surface area contributed by atoms with Gasteiger partial charge in [-0.2, -0.15) is 0 Å². The van der Waals surface area contributed by atoms with Crippen molar-refractivity contribution in [3.8, 4) is 0 Å². The smallest absolute Gasteiger partial charge is 0.0679 e. The van der Waals surface area contributed by atoms with Gasteiger partial charge in [-0.05, 0) is 63.3 Å². The van der Waals surface area contributed by atoms with Crippen molar-refractivity contribution in [3.05, 3.63) is 82.4 Å².